The van der Waals surface area contributed by atoms with Crippen LogP contribution in [0.1, 0.15) is 10.4 Å². The van der Waals surface area contributed by atoms with Gasteiger partial charge in [0.05, 0.1) is 4.34 Å². The van der Waals surface area contributed by atoms with E-state index in [4.69, 9.17) is 11.6 Å². The van der Waals surface area contributed by atoms with Gasteiger partial charge in [-0.3, -0.25) is 4.79 Å². The quantitative estimate of drug-likeness (QED) is 0.715. The van der Waals surface area contributed by atoms with Crippen molar-refractivity contribution < 1.29 is 4.79 Å². The van der Waals surface area contributed by atoms with E-state index in [9.17, 15) is 4.79 Å². The Hall–Kier alpha value is -0.380. The highest BCUT2D eigenvalue weighted by Crippen LogP contribution is 2.33. The molecule has 1 aromatic carbocycles. The molecule has 0 bridgehead atoms. The summed E-state index contributed by atoms with van der Waals surface area (Å²) in [6.45, 7) is 0. The van der Waals surface area contributed by atoms with E-state index < -0.39 is 0 Å². The zero-order chi connectivity index (χ0) is 9.42. The van der Waals surface area contributed by atoms with Gasteiger partial charge in [0.2, 0.25) is 0 Å². The van der Waals surface area contributed by atoms with Gasteiger partial charge < -0.3 is 0 Å². The van der Waals surface area contributed by atoms with Crippen LogP contribution in [0.2, 0.25) is 4.34 Å². The molecule has 4 heteroatoms. The van der Waals surface area contributed by atoms with Crippen LogP contribution in [-0.4, -0.2) is 6.29 Å². The number of aldehydes is 1. The van der Waals surface area contributed by atoms with E-state index in [1.807, 2.05) is 18.2 Å². The molecule has 1 heterocycles. The van der Waals surface area contributed by atoms with Gasteiger partial charge >= 0.3 is 0 Å². The molecule has 0 radical (unpaired) electrons. The summed E-state index contributed by atoms with van der Waals surface area (Å²) in [5.41, 5.74) is 0.667. The summed E-state index contributed by atoms with van der Waals surface area (Å²) in [5, 5.41) is 0.916. The summed E-state index contributed by atoms with van der Waals surface area (Å²) in [6, 6.07) is 5.62. The maximum absolute atomic E-state index is 10.8. The molecular formula is C9H4BrClOS. The first kappa shape index (κ1) is 9.19. The van der Waals surface area contributed by atoms with E-state index in [1.54, 1.807) is 0 Å². The summed E-state index contributed by atoms with van der Waals surface area (Å²) >= 11 is 10.6. The second-order valence-corrected chi connectivity index (χ2v) is 5.11. The number of hydrogen-bond acceptors (Lipinski definition) is 2. The van der Waals surface area contributed by atoms with Crippen molar-refractivity contribution in [2.24, 2.45) is 0 Å². The maximum atomic E-state index is 10.8. The van der Waals surface area contributed by atoms with Crippen molar-refractivity contribution in [1.29, 1.82) is 0 Å². The summed E-state index contributed by atoms with van der Waals surface area (Å²) in [6.07, 6.45) is 0.843. The molecule has 2 aromatic rings. The van der Waals surface area contributed by atoms with Crippen molar-refractivity contribution in [3.05, 3.63) is 32.6 Å². The molecule has 1 nitrogen and oxygen atoms in total. The molecule has 13 heavy (non-hydrogen) atoms. The highest BCUT2D eigenvalue weighted by molar-refractivity contribution is 9.10. The minimum absolute atomic E-state index is 0.667. The number of rotatable bonds is 1. The summed E-state index contributed by atoms with van der Waals surface area (Å²) < 4.78 is 2.55. The van der Waals surface area contributed by atoms with E-state index in [0.29, 0.717) is 9.90 Å². The van der Waals surface area contributed by atoms with Crippen molar-refractivity contribution in [2.45, 2.75) is 0 Å². The smallest absolute Gasteiger partial charge is 0.151 e. The summed E-state index contributed by atoms with van der Waals surface area (Å²) in [4.78, 5) is 10.8. The Morgan fingerprint density at radius 3 is 2.92 bits per heavy atom. The number of fused-ring (bicyclic) bond motifs is 1. The molecule has 0 spiro atoms. The minimum Gasteiger partial charge on any atom is -0.298 e. The molecular weight excluding hydrogens is 272 g/mol. The second kappa shape index (κ2) is 3.40. The van der Waals surface area contributed by atoms with Crippen LogP contribution in [-0.2, 0) is 0 Å². The van der Waals surface area contributed by atoms with Crippen LogP contribution in [0.25, 0.3) is 10.1 Å². The zero-order valence-corrected chi connectivity index (χ0v) is 9.54. The topological polar surface area (TPSA) is 17.1 Å². The van der Waals surface area contributed by atoms with E-state index >= 15 is 0 Å². The molecule has 66 valence electrons. The van der Waals surface area contributed by atoms with Crippen molar-refractivity contribution >= 4 is 55.2 Å². The van der Waals surface area contributed by atoms with Gasteiger partial charge in [0, 0.05) is 20.1 Å². The molecule has 0 unspecified atom stereocenters. The Labute approximate surface area is 92.5 Å². The Kier molecular flexibility index (Phi) is 2.41. The zero-order valence-electron chi connectivity index (χ0n) is 6.38. The molecule has 0 N–H and O–H groups in total. The SMILES string of the molecule is O=Cc1c(Br)ccc2sc(Cl)cc12. The maximum Gasteiger partial charge on any atom is 0.151 e. The predicted octanol–water partition coefficient (Wildman–Crippen LogP) is 4.13. The third-order valence-electron chi connectivity index (χ3n) is 1.78. The molecule has 0 saturated carbocycles. The Morgan fingerprint density at radius 2 is 2.23 bits per heavy atom. The van der Waals surface area contributed by atoms with Crippen LogP contribution in [0.3, 0.4) is 0 Å². The number of carbonyl (C=O) groups excluding carboxylic acids is 1. The molecule has 1 aromatic heterocycles. The standard InChI is InChI=1S/C9H4BrClOS/c10-7-1-2-8-5(6(7)4-12)3-9(11)13-8/h1-4H. The van der Waals surface area contributed by atoms with Crippen molar-refractivity contribution in [3.63, 3.8) is 0 Å². The third-order valence-corrected chi connectivity index (χ3v) is 3.70. The minimum atomic E-state index is 0.667. The Balaban J connectivity index is 2.90. The van der Waals surface area contributed by atoms with Crippen LogP contribution >= 0.6 is 38.9 Å². The highest BCUT2D eigenvalue weighted by Gasteiger charge is 2.07. The van der Waals surface area contributed by atoms with Crippen molar-refractivity contribution in [2.75, 3.05) is 0 Å². The van der Waals surface area contributed by atoms with Gasteiger partial charge in [0.25, 0.3) is 0 Å². The number of halogens is 2. The number of carbonyl (C=O) groups is 1. The summed E-state index contributed by atoms with van der Waals surface area (Å²) in [7, 11) is 0. The van der Waals surface area contributed by atoms with E-state index in [1.165, 1.54) is 11.3 Å². The summed E-state index contributed by atoms with van der Waals surface area (Å²) in [5.74, 6) is 0. The lowest BCUT2D eigenvalue weighted by Crippen LogP contribution is -1.81. The first-order valence-electron chi connectivity index (χ1n) is 3.55. The largest absolute Gasteiger partial charge is 0.298 e. The van der Waals surface area contributed by atoms with Gasteiger partial charge in [-0.1, -0.05) is 27.5 Å². The fourth-order valence-electron chi connectivity index (χ4n) is 1.20. The molecule has 0 fully saturated rings. The van der Waals surface area contributed by atoms with Gasteiger partial charge in [-0.15, -0.1) is 11.3 Å². The average Bonchev–Trinajstić information content (AvgIpc) is 2.45. The molecule has 2 rings (SSSR count). The number of benzene rings is 1. The van der Waals surface area contributed by atoms with Gasteiger partial charge in [0.1, 0.15) is 0 Å². The van der Waals surface area contributed by atoms with E-state index in [-0.39, 0.29) is 0 Å². The molecule has 0 aliphatic carbocycles. The van der Waals surface area contributed by atoms with Gasteiger partial charge in [-0.2, -0.15) is 0 Å². The molecule has 0 aliphatic rings. The van der Waals surface area contributed by atoms with Crippen molar-refractivity contribution in [3.8, 4) is 0 Å². The van der Waals surface area contributed by atoms with Gasteiger partial charge in [-0.25, -0.2) is 0 Å². The molecule has 0 amide bonds. The lowest BCUT2D eigenvalue weighted by atomic mass is 10.1. The van der Waals surface area contributed by atoms with Gasteiger partial charge in [0.15, 0.2) is 6.29 Å². The fourth-order valence-corrected chi connectivity index (χ4v) is 2.79. The number of thiophene rings is 1. The van der Waals surface area contributed by atoms with E-state index in [0.717, 1.165) is 20.8 Å². The normalized spacial score (nSPS) is 10.6. The molecule has 0 saturated heterocycles. The third kappa shape index (κ3) is 1.52. The Morgan fingerprint density at radius 1 is 1.46 bits per heavy atom. The lowest BCUT2D eigenvalue weighted by molar-refractivity contribution is 0.112. The molecule has 0 aliphatic heterocycles. The average molecular weight is 276 g/mol. The van der Waals surface area contributed by atoms with Gasteiger partial charge in [-0.05, 0) is 18.2 Å². The first-order valence-corrected chi connectivity index (χ1v) is 5.54. The second-order valence-electron chi connectivity index (χ2n) is 2.54. The Bertz CT molecular complexity index is 478. The van der Waals surface area contributed by atoms with Crippen LogP contribution in [0, 0.1) is 0 Å². The van der Waals surface area contributed by atoms with E-state index in [2.05, 4.69) is 15.9 Å². The molecule has 0 atom stereocenters. The lowest BCUT2D eigenvalue weighted by Gasteiger charge is -1.96. The van der Waals surface area contributed by atoms with Crippen LogP contribution in [0.4, 0.5) is 0 Å². The number of hydrogen-bond donors (Lipinski definition) is 0. The van der Waals surface area contributed by atoms with Crippen LogP contribution in [0.5, 0.6) is 0 Å². The predicted molar refractivity (Wildman–Crippen MR) is 59.9 cm³/mol. The first-order chi connectivity index (χ1) is 6.22. The highest BCUT2D eigenvalue weighted by atomic mass is 79.9. The van der Waals surface area contributed by atoms with Crippen molar-refractivity contribution in [1.82, 2.24) is 0 Å². The van der Waals surface area contributed by atoms with Crippen LogP contribution in [0.15, 0.2) is 22.7 Å². The van der Waals surface area contributed by atoms with Crippen LogP contribution < -0.4 is 0 Å². The fraction of sp³-hybridized carbons (Fsp3) is 0. The monoisotopic (exact) mass is 274 g/mol.